The molecule has 0 aliphatic carbocycles. The Labute approximate surface area is 170 Å². The van der Waals surface area contributed by atoms with Crippen molar-refractivity contribution in [3.8, 4) is 0 Å². The maximum Gasteiger partial charge on any atom is 0.341 e. The van der Waals surface area contributed by atoms with Gasteiger partial charge in [-0.1, -0.05) is 12.1 Å². The van der Waals surface area contributed by atoms with Crippen molar-refractivity contribution in [1.29, 1.82) is 0 Å². The summed E-state index contributed by atoms with van der Waals surface area (Å²) in [6, 6.07) is 7.92. The molecule has 7 nitrogen and oxygen atoms in total. The summed E-state index contributed by atoms with van der Waals surface area (Å²) in [4.78, 5) is 40.9. The Morgan fingerprint density at radius 3 is 2.90 bits per heavy atom. The van der Waals surface area contributed by atoms with Crippen LogP contribution in [0.3, 0.4) is 0 Å². The third-order valence-corrected chi connectivity index (χ3v) is 5.94. The summed E-state index contributed by atoms with van der Waals surface area (Å²) in [7, 11) is 2.01. The van der Waals surface area contributed by atoms with Gasteiger partial charge in [0.05, 0.1) is 17.6 Å². The minimum atomic E-state index is -0.578. The number of fused-ring (bicyclic) bond motifs is 2. The molecule has 1 aliphatic rings. The van der Waals surface area contributed by atoms with Crippen LogP contribution in [0, 0.1) is 0 Å². The highest BCUT2D eigenvalue weighted by Crippen LogP contribution is 2.37. The van der Waals surface area contributed by atoms with Gasteiger partial charge in [0.25, 0.3) is 5.91 Å². The molecule has 4 rings (SSSR count). The Morgan fingerprint density at radius 2 is 2.10 bits per heavy atom. The average molecular weight is 412 g/mol. The van der Waals surface area contributed by atoms with Gasteiger partial charge in [-0.25, -0.2) is 4.79 Å². The third-order valence-electron chi connectivity index (χ3n) is 4.81. The minimum Gasteiger partial charge on any atom is -0.462 e. The predicted octanol–water partition coefficient (Wildman–Crippen LogP) is 3.27. The lowest BCUT2D eigenvalue weighted by Gasteiger charge is -2.22. The first kappa shape index (κ1) is 19.4. The maximum absolute atomic E-state index is 12.8. The van der Waals surface area contributed by atoms with Crippen molar-refractivity contribution < 1.29 is 18.7 Å². The number of amides is 1. The number of likely N-dealkylation sites (N-methyl/N-ethyl adjacent to an activating group) is 1. The van der Waals surface area contributed by atoms with E-state index in [1.165, 1.54) is 17.4 Å². The van der Waals surface area contributed by atoms with Gasteiger partial charge in [0.1, 0.15) is 10.6 Å². The number of nitrogens with one attached hydrogen (secondary N) is 1. The molecular formula is C21H20N2O5S. The Morgan fingerprint density at radius 1 is 1.31 bits per heavy atom. The van der Waals surface area contributed by atoms with Gasteiger partial charge in [0.15, 0.2) is 11.2 Å². The molecule has 29 heavy (non-hydrogen) atoms. The van der Waals surface area contributed by atoms with Gasteiger partial charge in [0, 0.05) is 24.0 Å². The molecule has 1 aromatic carbocycles. The lowest BCUT2D eigenvalue weighted by atomic mass is 10.0. The first-order valence-corrected chi connectivity index (χ1v) is 10.1. The van der Waals surface area contributed by atoms with Crippen molar-refractivity contribution >= 4 is 39.2 Å². The molecular weight excluding hydrogens is 392 g/mol. The second-order valence-electron chi connectivity index (χ2n) is 6.84. The van der Waals surface area contributed by atoms with Gasteiger partial charge in [0.2, 0.25) is 0 Å². The SMILES string of the molecule is CCOC(=O)c1c(NC(=O)c2cc(=O)c3ccccc3o2)sc2c1CCN(C)C2. The maximum atomic E-state index is 12.8. The first-order chi connectivity index (χ1) is 14.0. The molecule has 150 valence electrons. The van der Waals surface area contributed by atoms with Crippen molar-refractivity contribution in [2.24, 2.45) is 0 Å². The quantitative estimate of drug-likeness (QED) is 0.662. The minimum absolute atomic E-state index is 0.105. The normalized spacial score (nSPS) is 13.9. The molecule has 3 heterocycles. The molecule has 0 unspecified atom stereocenters. The molecule has 2 aromatic heterocycles. The van der Waals surface area contributed by atoms with Gasteiger partial charge < -0.3 is 19.4 Å². The summed E-state index contributed by atoms with van der Waals surface area (Å²) in [5, 5.41) is 3.59. The highest BCUT2D eigenvalue weighted by Gasteiger charge is 2.29. The van der Waals surface area contributed by atoms with Crippen LogP contribution in [0.25, 0.3) is 11.0 Å². The standard InChI is InChI=1S/C21H20N2O5S/c1-3-27-21(26)18-13-8-9-23(2)11-17(13)29-20(18)22-19(25)16-10-14(24)12-6-4-5-7-15(12)28-16/h4-7,10H,3,8-9,11H2,1-2H3,(H,22,25). The number of anilines is 1. The Hall–Kier alpha value is -2.97. The van der Waals surface area contributed by atoms with Crippen LogP contribution in [0.4, 0.5) is 5.00 Å². The molecule has 0 fully saturated rings. The summed E-state index contributed by atoms with van der Waals surface area (Å²) >= 11 is 1.36. The highest BCUT2D eigenvalue weighted by molar-refractivity contribution is 7.17. The molecule has 1 aliphatic heterocycles. The lowest BCUT2D eigenvalue weighted by molar-refractivity contribution is 0.0526. The Kier molecular flexibility index (Phi) is 5.21. The van der Waals surface area contributed by atoms with Gasteiger partial charge in [-0.15, -0.1) is 11.3 Å². The number of nitrogens with zero attached hydrogens (tertiary/aromatic N) is 1. The van der Waals surface area contributed by atoms with Crippen LogP contribution in [0.5, 0.6) is 0 Å². The van der Waals surface area contributed by atoms with E-state index in [-0.39, 0.29) is 17.8 Å². The highest BCUT2D eigenvalue weighted by atomic mass is 32.1. The van der Waals surface area contributed by atoms with Gasteiger partial charge >= 0.3 is 5.97 Å². The smallest absolute Gasteiger partial charge is 0.341 e. The van der Waals surface area contributed by atoms with Crippen LogP contribution in [0.15, 0.2) is 39.5 Å². The van der Waals surface area contributed by atoms with E-state index in [0.717, 1.165) is 17.0 Å². The van der Waals surface area contributed by atoms with Crippen LogP contribution in [-0.2, 0) is 17.7 Å². The molecule has 3 aromatic rings. The number of para-hydroxylation sites is 1. The first-order valence-electron chi connectivity index (χ1n) is 9.32. The number of thiophene rings is 1. The summed E-state index contributed by atoms with van der Waals surface area (Å²) < 4.78 is 10.8. The number of hydrogen-bond donors (Lipinski definition) is 1. The van der Waals surface area contributed by atoms with E-state index in [9.17, 15) is 14.4 Å². The van der Waals surface area contributed by atoms with Crippen LogP contribution >= 0.6 is 11.3 Å². The molecule has 0 saturated heterocycles. The number of benzene rings is 1. The zero-order valence-corrected chi connectivity index (χ0v) is 16.9. The predicted molar refractivity (Wildman–Crippen MR) is 111 cm³/mol. The van der Waals surface area contributed by atoms with Crippen LogP contribution in [0.2, 0.25) is 0 Å². The number of rotatable bonds is 4. The van der Waals surface area contributed by atoms with E-state index >= 15 is 0 Å². The van der Waals surface area contributed by atoms with Crippen molar-refractivity contribution in [3.63, 3.8) is 0 Å². The van der Waals surface area contributed by atoms with E-state index in [0.29, 0.717) is 34.5 Å². The molecule has 0 saturated carbocycles. The van der Waals surface area contributed by atoms with Crippen LogP contribution in [-0.4, -0.2) is 37.0 Å². The van der Waals surface area contributed by atoms with Crippen LogP contribution in [0.1, 0.15) is 38.3 Å². The largest absolute Gasteiger partial charge is 0.462 e. The molecule has 0 radical (unpaired) electrons. The fourth-order valence-corrected chi connectivity index (χ4v) is 4.73. The van der Waals surface area contributed by atoms with Gasteiger partial charge in [-0.2, -0.15) is 0 Å². The molecule has 0 atom stereocenters. The second kappa shape index (κ2) is 7.81. The van der Waals surface area contributed by atoms with Crippen molar-refractivity contribution in [2.75, 3.05) is 25.5 Å². The Balaban J connectivity index is 1.71. The molecule has 0 spiro atoms. The summed E-state index contributed by atoms with van der Waals surface area (Å²) in [5.41, 5.74) is 1.36. The average Bonchev–Trinajstić information content (AvgIpc) is 3.05. The number of carbonyl (C=O) groups is 2. The van der Waals surface area contributed by atoms with E-state index in [4.69, 9.17) is 9.15 Å². The number of ether oxygens (including phenoxy) is 1. The van der Waals surface area contributed by atoms with Crippen molar-refractivity contribution in [1.82, 2.24) is 4.90 Å². The molecule has 0 bridgehead atoms. The third kappa shape index (κ3) is 3.68. The van der Waals surface area contributed by atoms with Gasteiger partial charge in [-0.3, -0.25) is 9.59 Å². The van der Waals surface area contributed by atoms with E-state index in [2.05, 4.69) is 10.2 Å². The Bertz CT molecular complexity index is 1160. The summed E-state index contributed by atoms with van der Waals surface area (Å²) in [6.45, 7) is 3.51. The van der Waals surface area contributed by atoms with E-state index < -0.39 is 11.9 Å². The topological polar surface area (TPSA) is 88.8 Å². The summed E-state index contributed by atoms with van der Waals surface area (Å²) in [5.74, 6) is -1.14. The monoisotopic (exact) mass is 412 g/mol. The van der Waals surface area contributed by atoms with E-state index in [1.807, 2.05) is 7.05 Å². The van der Waals surface area contributed by atoms with Gasteiger partial charge in [-0.05, 0) is 38.1 Å². The number of hydrogen-bond acceptors (Lipinski definition) is 7. The molecule has 1 N–H and O–H groups in total. The van der Waals surface area contributed by atoms with Crippen molar-refractivity contribution in [2.45, 2.75) is 19.9 Å². The van der Waals surface area contributed by atoms with E-state index in [1.54, 1.807) is 31.2 Å². The summed E-state index contributed by atoms with van der Waals surface area (Å²) in [6.07, 6.45) is 0.706. The zero-order chi connectivity index (χ0) is 20.5. The number of esters is 1. The molecule has 8 heteroatoms. The van der Waals surface area contributed by atoms with Crippen LogP contribution < -0.4 is 10.7 Å². The lowest BCUT2D eigenvalue weighted by Crippen LogP contribution is -2.26. The number of carbonyl (C=O) groups excluding carboxylic acids is 2. The van der Waals surface area contributed by atoms with Crippen molar-refractivity contribution in [3.05, 3.63) is 62.3 Å². The fourth-order valence-electron chi connectivity index (χ4n) is 3.42. The zero-order valence-electron chi connectivity index (χ0n) is 16.1. The molecule has 1 amide bonds. The second-order valence-corrected chi connectivity index (χ2v) is 7.95. The fraction of sp³-hybridized carbons (Fsp3) is 0.286.